The van der Waals surface area contributed by atoms with Gasteiger partial charge in [-0.3, -0.25) is 14.4 Å². The van der Waals surface area contributed by atoms with Crippen LogP contribution in [0, 0.1) is 0 Å². The Morgan fingerprint density at radius 3 is 2.13 bits per heavy atom. The molecule has 8 heteroatoms. The lowest BCUT2D eigenvalue weighted by Crippen LogP contribution is -2.81. The van der Waals surface area contributed by atoms with Gasteiger partial charge in [0.15, 0.2) is 5.78 Å². The molecule has 4 N–H and O–H groups in total. The predicted octanol–water partition coefficient (Wildman–Crippen LogP) is -1.88. The van der Waals surface area contributed by atoms with Crippen LogP contribution in [0.4, 0.5) is 0 Å². The highest BCUT2D eigenvalue weighted by Gasteiger charge is 2.69. The Balaban J connectivity index is 1.82. The van der Waals surface area contributed by atoms with E-state index in [1.54, 1.807) is 24.3 Å². The number of amides is 1. The van der Waals surface area contributed by atoms with Gasteiger partial charge in [-0.15, -0.1) is 0 Å². The minimum absolute atomic E-state index is 0.00604. The van der Waals surface area contributed by atoms with Crippen LogP contribution < -0.4 is 0 Å². The second-order valence-electron chi connectivity index (χ2n) is 5.80. The third-order valence-electron chi connectivity index (χ3n) is 4.45. The number of rotatable bonds is 3. The number of aliphatic hydroxyl groups excluding tert-OH is 4. The monoisotopic (exact) mass is 323 g/mol. The topological polar surface area (TPSA) is 128 Å². The van der Waals surface area contributed by atoms with Gasteiger partial charge in [-0.25, -0.2) is 5.06 Å². The number of hydrogen-bond acceptors (Lipinski definition) is 7. The Bertz CT molecular complexity index is 602. The summed E-state index contributed by atoms with van der Waals surface area (Å²) in [5.74, 6) is -1.61. The van der Waals surface area contributed by atoms with E-state index in [1.165, 1.54) is 0 Å². The summed E-state index contributed by atoms with van der Waals surface area (Å²) >= 11 is 0. The lowest BCUT2D eigenvalue weighted by Gasteiger charge is -2.58. The molecule has 23 heavy (non-hydrogen) atoms. The number of ketones is 1. The summed E-state index contributed by atoms with van der Waals surface area (Å²) in [6.45, 7) is -0.00604. The molecule has 1 saturated carbocycles. The second-order valence-corrected chi connectivity index (χ2v) is 5.80. The molecule has 1 aromatic carbocycles. The minimum atomic E-state index is -1.90. The standard InChI is InChI=1S/C15H17NO7/c17-9-6-15(13(21)11(19)10(18)12(20)14(15)22)16(9)23-7-8-4-2-1-3-5-8/h1-5,11-14,19-22H,6-7H2/t11-,12-,13-,14-/m1/s1. The number of aliphatic hydroxyl groups is 4. The number of nitrogens with zero attached hydrogens (tertiary/aromatic N) is 1. The maximum absolute atomic E-state index is 11.8. The quantitative estimate of drug-likeness (QED) is 0.479. The number of carbonyl (C=O) groups is 2. The highest BCUT2D eigenvalue weighted by molar-refractivity contribution is 5.93. The Morgan fingerprint density at radius 2 is 1.61 bits per heavy atom. The molecule has 1 aromatic rings. The summed E-state index contributed by atoms with van der Waals surface area (Å²) in [5, 5.41) is 40.6. The van der Waals surface area contributed by atoms with Crippen molar-refractivity contribution < 1.29 is 34.9 Å². The zero-order valence-electron chi connectivity index (χ0n) is 12.1. The summed E-state index contributed by atoms with van der Waals surface area (Å²) in [5.41, 5.74) is -0.988. The molecular formula is C15H17NO7. The maximum atomic E-state index is 11.8. The molecule has 8 nitrogen and oxygen atoms in total. The molecule has 4 atom stereocenters. The van der Waals surface area contributed by atoms with Crippen LogP contribution in [0.1, 0.15) is 12.0 Å². The van der Waals surface area contributed by atoms with E-state index in [9.17, 15) is 30.0 Å². The zero-order valence-corrected chi connectivity index (χ0v) is 12.1. The van der Waals surface area contributed by atoms with Gasteiger partial charge in [-0.05, 0) is 5.56 Å². The first kappa shape index (κ1) is 16.0. The van der Waals surface area contributed by atoms with E-state index in [1.807, 2.05) is 6.07 Å². The SMILES string of the molecule is O=C1[C@@H](O)[C@@H](O)C2(CC(=O)N2OCc2ccccc2)[C@H](O)[C@@H]1O. The average Bonchev–Trinajstić information content (AvgIpc) is 2.56. The van der Waals surface area contributed by atoms with Gasteiger partial charge in [0.05, 0.1) is 6.42 Å². The Morgan fingerprint density at radius 1 is 1.04 bits per heavy atom. The van der Waals surface area contributed by atoms with Crippen molar-refractivity contribution in [2.45, 2.75) is 43.0 Å². The van der Waals surface area contributed by atoms with Crippen LogP contribution in [0.2, 0.25) is 0 Å². The van der Waals surface area contributed by atoms with Crippen molar-refractivity contribution in [1.82, 2.24) is 5.06 Å². The van der Waals surface area contributed by atoms with E-state index in [-0.39, 0.29) is 13.0 Å². The van der Waals surface area contributed by atoms with Crippen molar-refractivity contribution in [1.29, 1.82) is 0 Å². The molecule has 2 fully saturated rings. The Labute approximate surface area is 131 Å². The smallest absolute Gasteiger partial charge is 0.249 e. The van der Waals surface area contributed by atoms with E-state index in [0.29, 0.717) is 0 Å². The van der Waals surface area contributed by atoms with Crippen LogP contribution in [-0.4, -0.2) is 67.1 Å². The third kappa shape index (κ3) is 2.27. The maximum Gasteiger partial charge on any atom is 0.249 e. The lowest BCUT2D eigenvalue weighted by molar-refractivity contribution is -0.320. The summed E-state index contributed by atoms with van der Waals surface area (Å²) in [6.07, 6.45) is -7.64. The molecule has 0 aromatic heterocycles. The molecule has 1 amide bonds. The number of carbonyl (C=O) groups excluding carboxylic acids is 2. The molecule has 0 bridgehead atoms. The Hall–Kier alpha value is -1.84. The molecule has 1 aliphatic carbocycles. The molecule has 0 radical (unpaired) electrons. The summed E-state index contributed by atoms with van der Waals surface area (Å²) in [4.78, 5) is 28.8. The van der Waals surface area contributed by atoms with Gasteiger partial charge in [-0.2, -0.15) is 0 Å². The molecule has 1 aliphatic heterocycles. The number of hydrogen-bond donors (Lipinski definition) is 4. The second kappa shape index (κ2) is 5.66. The van der Waals surface area contributed by atoms with E-state index < -0.39 is 41.6 Å². The van der Waals surface area contributed by atoms with Crippen LogP contribution in [0.25, 0.3) is 0 Å². The highest BCUT2D eigenvalue weighted by atomic mass is 16.7. The van der Waals surface area contributed by atoms with Crippen molar-refractivity contribution in [3.05, 3.63) is 35.9 Å². The zero-order chi connectivity index (χ0) is 16.8. The fourth-order valence-corrected chi connectivity index (χ4v) is 3.09. The van der Waals surface area contributed by atoms with Crippen LogP contribution in [0.5, 0.6) is 0 Å². The first-order chi connectivity index (χ1) is 10.9. The first-order valence-corrected chi connectivity index (χ1v) is 7.15. The molecule has 124 valence electrons. The fourth-order valence-electron chi connectivity index (χ4n) is 3.09. The molecule has 1 heterocycles. The normalized spacial score (nSPS) is 37.1. The van der Waals surface area contributed by atoms with E-state index in [4.69, 9.17) is 4.84 Å². The van der Waals surface area contributed by atoms with Crippen LogP contribution in [0.3, 0.4) is 0 Å². The first-order valence-electron chi connectivity index (χ1n) is 7.15. The molecule has 2 aliphatic rings. The summed E-state index contributed by atoms with van der Waals surface area (Å²) < 4.78 is 0. The third-order valence-corrected chi connectivity index (χ3v) is 4.45. The van der Waals surface area contributed by atoms with Gasteiger partial charge in [0.25, 0.3) is 0 Å². The van der Waals surface area contributed by atoms with Gasteiger partial charge >= 0.3 is 0 Å². The van der Waals surface area contributed by atoms with Crippen molar-refractivity contribution in [2.75, 3.05) is 0 Å². The van der Waals surface area contributed by atoms with Gasteiger partial charge in [0, 0.05) is 0 Å². The molecule has 1 saturated heterocycles. The fraction of sp³-hybridized carbons (Fsp3) is 0.467. The van der Waals surface area contributed by atoms with Gasteiger partial charge in [0.1, 0.15) is 36.6 Å². The number of β-lactam (4-membered cyclic amide) rings is 1. The summed E-state index contributed by atoms with van der Waals surface area (Å²) in [6, 6.07) is 8.90. The number of benzene rings is 1. The number of hydroxylamine groups is 2. The Kier molecular flexibility index (Phi) is 3.95. The van der Waals surface area contributed by atoms with Crippen LogP contribution >= 0.6 is 0 Å². The minimum Gasteiger partial charge on any atom is -0.387 e. The van der Waals surface area contributed by atoms with E-state index in [2.05, 4.69) is 0 Å². The highest BCUT2D eigenvalue weighted by Crippen LogP contribution is 2.44. The van der Waals surface area contributed by atoms with Crippen LogP contribution in [0.15, 0.2) is 30.3 Å². The van der Waals surface area contributed by atoms with Crippen LogP contribution in [-0.2, 0) is 21.0 Å². The van der Waals surface area contributed by atoms with Gasteiger partial charge in [0.2, 0.25) is 5.91 Å². The van der Waals surface area contributed by atoms with E-state index >= 15 is 0 Å². The van der Waals surface area contributed by atoms with Crippen molar-refractivity contribution in [2.24, 2.45) is 0 Å². The number of Topliss-reactive ketones (excluding diaryl/α,β-unsaturated/α-hetero) is 1. The van der Waals surface area contributed by atoms with Crippen molar-refractivity contribution >= 4 is 11.7 Å². The van der Waals surface area contributed by atoms with E-state index in [0.717, 1.165) is 10.6 Å². The van der Waals surface area contributed by atoms with Gasteiger partial charge < -0.3 is 20.4 Å². The van der Waals surface area contributed by atoms with Gasteiger partial charge in [-0.1, -0.05) is 30.3 Å². The average molecular weight is 323 g/mol. The molecule has 0 unspecified atom stereocenters. The molecule has 1 spiro atoms. The lowest BCUT2D eigenvalue weighted by atomic mass is 9.67. The molecular weight excluding hydrogens is 306 g/mol. The molecule has 3 rings (SSSR count). The van der Waals surface area contributed by atoms with Crippen molar-refractivity contribution in [3.63, 3.8) is 0 Å². The largest absolute Gasteiger partial charge is 0.387 e. The van der Waals surface area contributed by atoms with Crippen molar-refractivity contribution in [3.8, 4) is 0 Å². The predicted molar refractivity (Wildman–Crippen MR) is 74.5 cm³/mol. The summed E-state index contributed by atoms with van der Waals surface area (Å²) in [7, 11) is 0.